The van der Waals surface area contributed by atoms with Crippen molar-refractivity contribution < 1.29 is 23.0 Å². The van der Waals surface area contributed by atoms with Crippen LogP contribution in [0, 0.1) is 30.4 Å². The third kappa shape index (κ3) is 4.57. The topological polar surface area (TPSA) is 95.5 Å². The minimum absolute atomic E-state index is 0.165. The van der Waals surface area contributed by atoms with Gasteiger partial charge in [0.05, 0.1) is 31.2 Å². The number of nitrogens with zero attached hydrogens (tertiary/aromatic N) is 4. The van der Waals surface area contributed by atoms with Crippen LogP contribution in [0.2, 0.25) is 0 Å². The van der Waals surface area contributed by atoms with E-state index in [4.69, 9.17) is 20.3 Å². The van der Waals surface area contributed by atoms with Crippen LogP contribution in [0.5, 0.6) is 11.5 Å². The summed E-state index contributed by atoms with van der Waals surface area (Å²) in [6.07, 6.45) is 3.62. The molecule has 0 bridgehead atoms. The normalized spacial score (nSPS) is 14.8. The number of aryl methyl sites for hydroxylation is 1. The van der Waals surface area contributed by atoms with Crippen molar-refractivity contribution in [2.75, 3.05) is 33.0 Å². The number of nitrogen functional groups attached to an aromatic ring is 1. The number of rotatable bonds is 5. The van der Waals surface area contributed by atoms with E-state index in [0.717, 1.165) is 21.4 Å². The van der Waals surface area contributed by atoms with E-state index in [1.165, 1.54) is 20.3 Å². The smallest absolute Gasteiger partial charge is 0.246 e. The predicted octanol–water partition coefficient (Wildman–Crippen LogP) is 4.71. The van der Waals surface area contributed by atoms with Gasteiger partial charge in [-0.25, -0.2) is 13.8 Å². The van der Waals surface area contributed by atoms with E-state index >= 15 is 8.78 Å². The zero-order chi connectivity index (χ0) is 27.8. The standard InChI is InChI=1S/C28H25F2N5O3S/c1-5-23(36)34-11-10-16(14-34)35-27-18(22-9-6-15(2)39-22)13-32-28(31)24(27)19(33-35)8-7-17-25(29)20(37-3)12-21(38-4)26(17)30/h5-6,9,12-13,16H,1,10-11,14H2,2-4H3,(H2,31,32)/t16-/m0/s1. The fraction of sp³-hybridized carbons (Fsp3) is 0.250. The molecule has 1 aromatic carbocycles. The summed E-state index contributed by atoms with van der Waals surface area (Å²) in [6, 6.07) is 4.93. The quantitative estimate of drug-likeness (QED) is 0.286. The Kier molecular flexibility index (Phi) is 6.97. The van der Waals surface area contributed by atoms with Gasteiger partial charge in [0.1, 0.15) is 17.1 Å². The Balaban J connectivity index is 1.73. The van der Waals surface area contributed by atoms with Crippen LogP contribution in [0.3, 0.4) is 0 Å². The Morgan fingerprint density at radius 3 is 2.56 bits per heavy atom. The number of anilines is 1. The van der Waals surface area contributed by atoms with Crippen molar-refractivity contribution >= 4 is 34.0 Å². The van der Waals surface area contributed by atoms with Gasteiger partial charge in [0.15, 0.2) is 23.1 Å². The van der Waals surface area contributed by atoms with Gasteiger partial charge in [-0.1, -0.05) is 12.5 Å². The van der Waals surface area contributed by atoms with E-state index in [1.54, 1.807) is 27.1 Å². The van der Waals surface area contributed by atoms with E-state index in [0.29, 0.717) is 30.4 Å². The Labute approximate surface area is 227 Å². The lowest BCUT2D eigenvalue weighted by Gasteiger charge is -2.16. The van der Waals surface area contributed by atoms with Crippen molar-refractivity contribution in [3.8, 4) is 33.8 Å². The number of fused-ring (bicyclic) bond motifs is 1. The lowest BCUT2D eigenvalue weighted by atomic mass is 10.1. The molecule has 1 fully saturated rings. The van der Waals surface area contributed by atoms with E-state index in [2.05, 4.69) is 23.4 Å². The molecule has 0 spiro atoms. The molecule has 1 amide bonds. The number of carbonyl (C=O) groups excluding carboxylic acids is 1. The highest BCUT2D eigenvalue weighted by atomic mass is 32.1. The van der Waals surface area contributed by atoms with Crippen molar-refractivity contribution in [3.05, 3.63) is 64.8 Å². The van der Waals surface area contributed by atoms with Crippen LogP contribution in [-0.4, -0.2) is 52.9 Å². The first kappa shape index (κ1) is 26.2. The van der Waals surface area contributed by atoms with Gasteiger partial charge in [0.2, 0.25) is 5.91 Å². The molecule has 0 unspecified atom stereocenters. The molecule has 2 N–H and O–H groups in total. The molecule has 1 atom stereocenters. The Bertz CT molecular complexity index is 1660. The zero-order valence-electron chi connectivity index (χ0n) is 21.5. The Morgan fingerprint density at radius 1 is 1.23 bits per heavy atom. The fourth-order valence-corrected chi connectivity index (χ4v) is 5.57. The third-order valence-corrected chi connectivity index (χ3v) is 7.67. The molecule has 1 saturated heterocycles. The minimum atomic E-state index is -0.956. The summed E-state index contributed by atoms with van der Waals surface area (Å²) in [5, 5.41) is 5.23. The van der Waals surface area contributed by atoms with Crippen LogP contribution in [-0.2, 0) is 4.79 Å². The second kappa shape index (κ2) is 10.4. The number of amides is 1. The Morgan fingerprint density at radius 2 is 1.95 bits per heavy atom. The van der Waals surface area contributed by atoms with Gasteiger partial charge in [0, 0.05) is 40.7 Å². The summed E-state index contributed by atoms with van der Waals surface area (Å²) in [7, 11) is 2.54. The van der Waals surface area contributed by atoms with Crippen molar-refractivity contribution in [1.29, 1.82) is 0 Å². The largest absolute Gasteiger partial charge is 0.493 e. The number of hydrogen-bond donors (Lipinski definition) is 1. The molecule has 200 valence electrons. The van der Waals surface area contributed by atoms with Crippen molar-refractivity contribution in [2.45, 2.75) is 19.4 Å². The van der Waals surface area contributed by atoms with Crippen molar-refractivity contribution in [1.82, 2.24) is 19.7 Å². The molecule has 0 aliphatic carbocycles. The SMILES string of the molecule is C=CC(=O)N1CC[C@H](n2nc(C#Cc3c(F)c(OC)cc(OC)c3F)c3c(N)ncc(-c4ccc(C)s4)c32)C1. The van der Waals surface area contributed by atoms with Crippen LogP contribution in [0.25, 0.3) is 21.3 Å². The highest BCUT2D eigenvalue weighted by Crippen LogP contribution is 2.39. The van der Waals surface area contributed by atoms with Gasteiger partial charge in [-0.05, 0) is 37.5 Å². The highest BCUT2D eigenvalue weighted by Gasteiger charge is 2.30. The van der Waals surface area contributed by atoms with Gasteiger partial charge < -0.3 is 20.1 Å². The average Bonchev–Trinajstić information content (AvgIpc) is 3.68. The third-order valence-electron chi connectivity index (χ3n) is 6.64. The van der Waals surface area contributed by atoms with E-state index in [-0.39, 0.29) is 35.0 Å². The molecular formula is C28H25F2N5O3S. The number of nitrogens with two attached hydrogens (primary N) is 1. The molecule has 0 radical (unpaired) electrons. The van der Waals surface area contributed by atoms with Crippen molar-refractivity contribution in [3.63, 3.8) is 0 Å². The number of thiophene rings is 1. The number of benzene rings is 1. The van der Waals surface area contributed by atoms with Gasteiger partial charge in [-0.3, -0.25) is 9.48 Å². The number of methoxy groups -OCH3 is 2. The maximum Gasteiger partial charge on any atom is 0.246 e. The molecule has 11 heteroatoms. The molecule has 3 aromatic heterocycles. The fourth-order valence-electron chi connectivity index (χ4n) is 4.69. The number of ether oxygens (including phenoxy) is 2. The van der Waals surface area contributed by atoms with Crippen LogP contribution in [0.4, 0.5) is 14.6 Å². The average molecular weight is 550 g/mol. The van der Waals surface area contributed by atoms with Crippen LogP contribution >= 0.6 is 11.3 Å². The number of hydrogen-bond acceptors (Lipinski definition) is 7. The Hall–Kier alpha value is -4.43. The summed E-state index contributed by atoms with van der Waals surface area (Å²) in [5.74, 6) is 3.08. The second-order valence-corrected chi connectivity index (χ2v) is 10.2. The van der Waals surface area contributed by atoms with Crippen LogP contribution in [0.1, 0.15) is 28.6 Å². The van der Waals surface area contributed by atoms with Gasteiger partial charge in [-0.15, -0.1) is 11.3 Å². The van der Waals surface area contributed by atoms with Gasteiger partial charge >= 0.3 is 0 Å². The minimum Gasteiger partial charge on any atom is -0.493 e. The lowest BCUT2D eigenvalue weighted by Crippen LogP contribution is -2.27. The number of pyridine rings is 1. The first-order valence-electron chi connectivity index (χ1n) is 12.0. The monoisotopic (exact) mass is 549 g/mol. The van der Waals surface area contributed by atoms with E-state index in [9.17, 15) is 4.79 Å². The van der Waals surface area contributed by atoms with Crippen LogP contribution < -0.4 is 15.2 Å². The molecule has 0 saturated carbocycles. The lowest BCUT2D eigenvalue weighted by molar-refractivity contribution is -0.125. The molecule has 1 aliphatic rings. The van der Waals surface area contributed by atoms with E-state index < -0.39 is 17.2 Å². The molecule has 4 aromatic rings. The molecule has 4 heterocycles. The summed E-state index contributed by atoms with van der Waals surface area (Å²) >= 11 is 1.59. The molecular weight excluding hydrogens is 524 g/mol. The summed E-state index contributed by atoms with van der Waals surface area (Å²) in [4.78, 5) is 20.4. The molecule has 1 aliphatic heterocycles. The molecule has 8 nitrogen and oxygen atoms in total. The number of carbonyl (C=O) groups is 1. The van der Waals surface area contributed by atoms with Crippen molar-refractivity contribution in [2.24, 2.45) is 0 Å². The first-order chi connectivity index (χ1) is 18.8. The zero-order valence-corrected chi connectivity index (χ0v) is 22.4. The summed E-state index contributed by atoms with van der Waals surface area (Å²) < 4.78 is 41.9. The first-order valence-corrected chi connectivity index (χ1v) is 12.9. The predicted molar refractivity (Wildman–Crippen MR) is 146 cm³/mol. The summed E-state index contributed by atoms with van der Waals surface area (Å²) in [5.41, 5.74) is 7.52. The number of likely N-dealkylation sites (tertiary alicyclic amines) is 1. The second-order valence-electron chi connectivity index (χ2n) is 8.95. The number of aromatic nitrogens is 3. The number of halogens is 2. The van der Waals surface area contributed by atoms with Crippen LogP contribution in [0.15, 0.2) is 37.1 Å². The van der Waals surface area contributed by atoms with Gasteiger partial charge in [0.25, 0.3) is 0 Å². The molecule has 39 heavy (non-hydrogen) atoms. The highest BCUT2D eigenvalue weighted by molar-refractivity contribution is 7.15. The van der Waals surface area contributed by atoms with Gasteiger partial charge in [-0.2, -0.15) is 5.10 Å². The maximum absolute atomic E-state index is 15.0. The summed E-state index contributed by atoms with van der Waals surface area (Å²) in [6.45, 7) is 6.53. The maximum atomic E-state index is 15.0. The molecule has 5 rings (SSSR count). The van der Waals surface area contributed by atoms with E-state index in [1.807, 2.05) is 19.1 Å².